The third kappa shape index (κ3) is 5.17. The second kappa shape index (κ2) is 10.5. The predicted octanol–water partition coefficient (Wildman–Crippen LogP) is 5.36. The number of benzene rings is 1. The maximum Gasteiger partial charge on any atom is 0.303 e. The molecule has 0 saturated carbocycles. The van der Waals surface area contributed by atoms with E-state index in [2.05, 4.69) is 16.0 Å². The van der Waals surface area contributed by atoms with Crippen molar-refractivity contribution in [2.45, 2.75) is 44.6 Å². The normalized spacial score (nSPS) is 16.2. The van der Waals surface area contributed by atoms with Gasteiger partial charge in [-0.3, -0.25) is 4.79 Å². The van der Waals surface area contributed by atoms with Crippen molar-refractivity contribution in [3.63, 3.8) is 0 Å². The molecule has 1 N–H and O–H groups in total. The highest BCUT2D eigenvalue weighted by atomic mass is 35.5. The van der Waals surface area contributed by atoms with Gasteiger partial charge in [0.25, 0.3) is 0 Å². The van der Waals surface area contributed by atoms with Crippen LogP contribution in [0.15, 0.2) is 36.9 Å². The van der Waals surface area contributed by atoms with E-state index in [0.29, 0.717) is 35.2 Å². The van der Waals surface area contributed by atoms with E-state index in [9.17, 15) is 4.79 Å². The molecule has 1 aliphatic rings. The van der Waals surface area contributed by atoms with Crippen molar-refractivity contribution in [1.29, 1.82) is 0 Å². The molecule has 1 fully saturated rings. The number of anilines is 1. The number of ether oxygens (including phenoxy) is 1. The first-order chi connectivity index (χ1) is 15.5. The Labute approximate surface area is 196 Å². The lowest BCUT2D eigenvalue weighted by Gasteiger charge is -2.27. The maximum absolute atomic E-state index is 10.6. The summed E-state index contributed by atoms with van der Waals surface area (Å²) in [7, 11) is 0. The predicted molar refractivity (Wildman–Crippen MR) is 126 cm³/mol. The first-order valence-electron chi connectivity index (χ1n) is 10.9. The van der Waals surface area contributed by atoms with Crippen LogP contribution in [0.3, 0.4) is 0 Å². The summed E-state index contributed by atoms with van der Waals surface area (Å²) in [4.78, 5) is 21.9. The minimum Gasteiger partial charge on any atom is -0.481 e. The molecule has 3 heterocycles. The fourth-order valence-electron chi connectivity index (χ4n) is 4.15. The van der Waals surface area contributed by atoms with E-state index < -0.39 is 5.97 Å². The molecular formula is C23H26Cl2N4O3. The fourth-order valence-corrected chi connectivity index (χ4v) is 4.51. The highest BCUT2D eigenvalue weighted by Crippen LogP contribution is 2.36. The third-order valence-electron chi connectivity index (χ3n) is 5.78. The SMILES string of the molecule is O=C(O)CCCCCOCC1CCCN1c1cc(-n2ccnc2)c2ccc(Cl)c(Cl)c2n1. The second-order valence-corrected chi connectivity index (χ2v) is 8.78. The molecule has 2 aromatic heterocycles. The van der Waals surface area contributed by atoms with Gasteiger partial charge in [-0.05, 0) is 37.8 Å². The number of imidazole rings is 1. The number of carboxylic acids is 1. The molecule has 170 valence electrons. The molecule has 7 nitrogen and oxygen atoms in total. The molecule has 1 saturated heterocycles. The maximum atomic E-state index is 10.6. The van der Waals surface area contributed by atoms with E-state index in [1.165, 1.54) is 0 Å². The lowest BCUT2D eigenvalue weighted by molar-refractivity contribution is -0.137. The number of pyridine rings is 1. The number of carbonyl (C=O) groups is 1. The Balaban J connectivity index is 1.51. The average molecular weight is 477 g/mol. The molecule has 0 spiro atoms. The summed E-state index contributed by atoms with van der Waals surface area (Å²) in [6, 6.07) is 6.02. The topological polar surface area (TPSA) is 80.5 Å². The Hall–Kier alpha value is -2.35. The van der Waals surface area contributed by atoms with Crippen molar-refractivity contribution in [2.24, 2.45) is 0 Å². The third-order valence-corrected chi connectivity index (χ3v) is 6.58. The molecule has 1 atom stereocenters. The molecule has 0 radical (unpaired) electrons. The molecule has 1 aliphatic heterocycles. The number of rotatable bonds is 10. The largest absolute Gasteiger partial charge is 0.481 e. The number of aromatic nitrogens is 3. The summed E-state index contributed by atoms with van der Waals surface area (Å²) >= 11 is 12.8. The van der Waals surface area contributed by atoms with Crippen molar-refractivity contribution in [3.8, 4) is 5.69 Å². The first-order valence-corrected chi connectivity index (χ1v) is 11.6. The van der Waals surface area contributed by atoms with Crippen LogP contribution in [0.4, 0.5) is 5.82 Å². The summed E-state index contributed by atoms with van der Waals surface area (Å²) in [5, 5.41) is 10.5. The van der Waals surface area contributed by atoms with Crippen LogP contribution < -0.4 is 4.90 Å². The van der Waals surface area contributed by atoms with E-state index in [1.807, 2.05) is 16.8 Å². The smallest absolute Gasteiger partial charge is 0.303 e. The van der Waals surface area contributed by atoms with Gasteiger partial charge in [0.1, 0.15) is 5.82 Å². The van der Waals surface area contributed by atoms with Crippen LogP contribution in [0.2, 0.25) is 10.0 Å². The molecule has 4 rings (SSSR count). The standard InChI is InChI=1S/C23H26Cl2N4O3/c24-18-8-7-17-19(28-11-9-26-15-28)13-20(27-23(17)22(18)25)29-10-4-5-16(29)14-32-12-3-1-2-6-21(30)31/h7-9,11,13,15-16H,1-6,10,12,14H2,(H,30,31). The van der Waals surface area contributed by atoms with Crippen molar-refractivity contribution < 1.29 is 14.6 Å². The Morgan fingerprint density at radius 2 is 2.12 bits per heavy atom. The fraction of sp³-hybridized carbons (Fsp3) is 0.435. The minimum atomic E-state index is -0.744. The van der Waals surface area contributed by atoms with Crippen molar-refractivity contribution in [1.82, 2.24) is 14.5 Å². The Morgan fingerprint density at radius 1 is 1.25 bits per heavy atom. The molecule has 3 aromatic rings. The van der Waals surface area contributed by atoms with E-state index >= 15 is 0 Å². The molecule has 32 heavy (non-hydrogen) atoms. The van der Waals surface area contributed by atoms with Crippen LogP contribution in [-0.2, 0) is 9.53 Å². The van der Waals surface area contributed by atoms with Gasteiger partial charge in [-0.15, -0.1) is 0 Å². The van der Waals surface area contributed by atoms with Gasteiger partial charge in [0.05, 0.1) is 40.2 Å². The van der Waals surface area contributed by atoms with Gasteiger partial charge >= 0.3 is 5.97 Å². The van der Waals surface area contributed by atoms with E-state index in [1.54, 1.807) is 18.6 Å². The van der Waals surface area contributed by atoms with Gasteiger partial charge in [0.15, 0.2) is 0 Å². The number of unbranched alkanes of at least 4 members (excludes halogenated alkanes) is 2. The Bertz CT molecular complexity index is 1070. The van der Waals surface area contributed by atoms with Gasteiger partial charge in [-0.2, -0.15) is 0 Å². The van der Waals surface area contributed by atoms with Crippen LogP contribution in [0, 0.1) is 0 Å². The van der Waals surface area contributed by atoms with Crippen molar-refractivity contribution in [3.05, 3.63) is 47.0 Å². The van der Waals surface area contributed by atoms with E-state index in [0.717, 1.165) is 49.1 Å². The number of hydrogen-bond acceptors (Lipinski definition) is 5. The summed E-state index contributed by atoms with van der Waals surface area (Å²) in [5.74, 6) is 0.102. The van der Waals surface area contributed by atoms with E-state index in [-0.39, 0.29) is 12.5 Å². The molecule has 1 aromatic carbocycles. The highest BCUT2D eigenvalue weighted by Gasteiger charge is 2.27. The number of hydrogen-bond donors (Lipinski definition) is 1. The lowest BCUT2D eigenvalue weighted by Crippen LogP contribution is -2.34. The zero-order valence-electron chi connectivity index (χ0n) is 17.7. The number of nitrogens with zero attached hydrogens (tertiary/aromatic N) is 4. The van der Waals surface area contributed by atoms with Gasteiger partial charge in [0, 0.05) is 43.4 Å². The lowest BCUT2D eigenvalue weighted by atomic mass is 10.1. The quantitative estimate of drug-likeness (QED) is 0.396. The summed E-state index contributed by atoms with van der Waals surface area (Å²) < 4.78 is 7.88. The van der Waals surface area contributed by atoms with Crippen LogP contribution in [0.1, 0.15) is 38.5 Å². The number of fused-ring (bicyclic) bond motifs is 1. The van der Waals surface area contributed by atoms with Gasteiger partial charge in [0.2, 0.25) is 0 Å². The van der Waals surface area contributed by atoms with E-state index in [4.69, 9.17) is 38.0 Å². The Morgan fingerprint density at radius 3 is 2.91 bits per heavy atom. The monoisotopic (exact) mass is 476 g/mol. The Kier molecular flexibility index (Phi) is 7.50. The minimum absolute atomic E-state index is 0.218. The summed E-state index contributed by atoms with van der Waals surface area (Å²) in [6.45, 7) is 2.14. The van der Waals surface area contributed by atoms with Gasteiger partial charge in [-0.25, -0.2) is 9.97 Å². The van der Waals surface area contributed by atoms with Crippen molar-refractivity contribution in [2.75, 3.05) is 24.7 Å². The van der Waals surface area contributed by atoms with Crippen LogP contribution in [0.25, 0.3) is 16.6 Å². The summed E-state index contributed by atoms with van der Waals surface area (Å²) in [6.07, 6.45) is 10.1. The highest BCUT2D eigenvalue weighted by molar-refractivity contribution is 6.45. The zero-order chi connectivity index (χ0) is 22.5. The number of aliphatic carboxylic acids is 1. The first kappa shape index (κ1) is 22.8. The van der Waals surface area contributed by atoms with Crippen LogP contribution >= 0.6 is 23.2 Å². The number of carboxylic acid groups (broad SMARTS) is 1. The zero-order valence-corrected chi connectivity index (χ0v) is 19.2. The second-order valence-electron chi connectivity index (χ2n) is 8.00. The molecule has 0 bridgehead atoms. The van der Waals surface area contributed by atoms with Gasteiger partial charge < -0.3 is 19.3 Å². The molecule has 1 unspecified atom stereocenters. The molecule has 9 heteroatoms. The van der Waals surface area contributed by atoms with Crippen LogP contribution in [-0.4, -0.2) is 51.4 Å². The summed E-state index contributed by atoms with van der Waals surface area (Å²) in [5.41, 5.74) is 1.62. The molecule has 0 amide bonds. The molecular weight excluding hydrogens is 451 g/mol. The average Bonchev–Trinajstić information content (AvgIpc) is 3.47. The van der Waals surface area contributed by atoms with Crippen LogP contribution in [0.5, 0.6) is 0 Å². The number of halogens is 2. The van der Waals surface area contributed by atoms with Crippen molar-refractivity contribution >= 4 is 45.9 Å². The van der Waals surface area contributed by atoms with Gasteiger partial charge in [-0.1, -0.05) is 29.6 Å². The molecule has 0 aliphatic carbocycles.